The minimum absolute atomic E-state index is 0.0128. The van der Waals surface area contributed by atoms with Gasteiger partial charge >= 0.3 is 0 Å². The van der Waals surface area contributed by atoms with Crippen LogP contribution in [0.15, 0.2) is 24.3 Å². The Morgan fingerprint density at radius 1 is 1.20 bits per heavy atom. The number of rotatable bonds is 5. The Balaban J connectivity index is 2.29. The lowest BCUT2D eigenvalue weighted by atomic mass is 10.0. The molecule has 5 heteroatoms. The summed E-state index contributed by atoms with van der Waals surface area (Å²) < 4.78 is 28.6. The Kier molecular flexibility index (Phi) is 4.83. The Labute approximate surface area is 122 Å². The number of nitrogens with zero attached hydrogens (tertiary/aromatic N) is 2. The second-order valence-electron chi connectivity index (χ2n) is 5.27. The molecule has 1 aliphatic rings. The van der Waals surface area contributed by atoms with Crippen LogP contribution in [0.2, 0.25) is 0 Å². The SMILES string of the molecule is CCN(CC)S(=O)(=O)N1CCC[C@@H]1c1ccc(C)cc1. The van der Waals surface area contributed by atoms with E-state index < -0.39 is 10.2 Å². The third kappa shape index (κ3) is 2.90. The van der Waals surface area contributed by atoms with E-state index in [1.165, 1.54) is 5.56 Å². The van der Waals surface area contributed by atoms with Gasteiger partial charge in [-0.1, -0.05) is 43.7 Å². The van der Waals surface area contributed by atoms with Crippen molar-refractivity contribution >= 4 is 10.2 Å². The fraction of sp³-hybridized carbons (Fsp3) is 0.600. The summed E-state index contributed by atoms with van der Waals surface area (Å²) in [4.78, 5) is 0. The van der Waals surface area contributed by atoms with Crippen molar-refractivity contribution in [3.8, 4) is 0 Å². The van der Waals surface area contributed by atoms with E-state index in [0.717, 1.165) is 18.4 Å². The van der Waals surface area contributed by atoms with Gasteiger partial charge in [0.2, 0.25) is 0 Å². The highest BCUT2D eigenvalue weighted by molar-refractivity contribution is 7.86. The maximum Gasteiger partial charge on any atom is 0.282 e. The summed E-state index contributed by atoms with van der Waals surface area (Å²) in [6.45, 7) is 7.49. The number of hydrogen-bond donors (Lipinski definition) is 0. The molecule has 20 heavy (non-hydrogen) atoms. The van der Waals surface area contributed by atoms with Gasteiger partial charge in [0.25, 0.3) is 10.2 Å². The topological polar surface area (TPSA) is 40.6 Å². The standard InChI is InChI=1S/C15H24N2O2S/c1-4-16(5-2)20(18,19)17-12-6-7-15(17)14-10-8-13(3)9-11-14/h8-11,15H,4-7,12H2,1-3H3/t15-/m1/s1. The molecule has 0 saturated carbocycles. The van der Waals surface area contributed by atoms with Gasteiger partial charge in [-0.15, -0.1) is 0 Å². The third-order valence-electron chi connectivity index (χ3n) is 3.99. The van der Waals surface area contributed by atoms with Gasteiger partial charge in [0.1, 0.15) is 0 Å². The first kappa shape index (κ1) is 15.5. The van der Waals surface area contributed by atoms with E-state index in [2.05, 4.69) is 24.3 Å². The summed E-state index contributed by atoms with van der Waals surface area (Å²) in [6.07, 6.45) is 1.84. The average Bonchev–Trinajstić information content (AvgIpc) is 2.90. The minimum atomic E-state index is -3.34. The summed E-state index contributed by atoms with van der Waals surface area (Å²) in [7, 11) is -3.34. The van der Waals surface area contributed by atoms with E-state index in [0.29, 0.717) is 19.6 Å². The van der Waals surface area contributed by atoms with Crippen molar-refractivity contribution in [2.45, 2.75) is 39.7 Å². The highest BCUT2D eigenvalue weighted by atomic mass is 32.2. The van der Waals surface area contributed by atoms with Crippen molar-refractivity contribution in [1.82, 2.24) is 8.61 Å². The molecule has 0 aromatic heterocycles. The van der Waals surface area contributed by atoms with E-state index in [1.807, 2.05) is 20.8 Å². The molecule has 0 unspecified atom stereocenters. The van der Waals surface area contributed by atoms with Gasteiger partial charge in [-0.2, -0.15) is 17.0 Å². The third-order valence-corrected chi connectivity index (χ3v) is 6.19. The number of aryl methyl sites for hydroxylation is 1. The van der Waals surface area contributed by atoms with Crippen molar-refractivity contribution < 1.29 is 8.42 Å². The van der Waals surface area contributed by atoms with Gasteiger partial charge in [0, 0.05) is 19.6 Å². The van der Waals surface area contributed by atoms with Gasteiger partial charge in [0.05, 0.1) is 6.04 Å². The Morgan fingerprint density at radius 2 is 1.80 bits per heavy atom. The molecule has 1 fully saturated rings. The molecular weight excluding hydrogens is 272 g/mol. The molecule has 0 N–H and O–H groups in total. The fourth-order valence-corrected chi connectivity index (χ4v) is 4.69. The molecule has 0 amide bonds. The molecule has 1 heterocycles. The van der Waals surface area contributed by atoms with Crippen LogP contribution >= 0.6 is 0 Å². The first-order chi connectivity index (χ1) is 9.50. The van der Waals surface area contributed by atoms with E-state index in [-0.39, 0.29) is 6.04 Å². The normalized spacial score (nSPS) is 20.7. The molecule has 0 bridgehead atoms. The van der Waals surface area contributed by atoms with E-state index in [4.69, 9.17) is 0 Å². The number of benzene rings is 1. The van der Waals surface area contributed by atoms with Crippen LogP contribution in [0.5, 0.6) is 0 Å². The van der Waals surface area contributed by atoms with E-state index in [1.54, 1.807) is 8.61 Å². The van der Waals surface area contributed by atoms with Gasteiger partial charge in [0.15, 0.2) is 0 Å². The van der Waals surface area contributed by atoms with E-state index >= 15 is 0 Å². The van der Waals surface area contributed by atoms with Crippen LogP contribution < -0.4 is 0 Å². The lowest BCUT2D eigenvalue weighted by molar-refractivity contribution is 0.338. The first-order valence-electron chi connectivity index (χ1n) is 7.34. The van der Waals surface area contributed by atoms with Crippen LogP contribution in [0.3, 0.4) is 0 Å². The fourth-order valence-electron chi connectivity index (χ4n) is 2.84. The van der Waals surface area contributed by atoms with Crippen LogP contribution in [0.1, 0.15) is 43.9 Å². The highest BCUT2D eigenvalue weighted by Crippen LogP contribution is 2.35. The monoisotopic (exact) mass is 296 g/mol. The molecule has 1 aromatic rings. The zero-order valence-electron chi connectivity index (χ0n) is 12.5. The van der Waals surface area contributed by atoms with Crippen molar-refractivity contribution in [1.29, 1.82) is 0 Å². The van der Waals surface area contributed by atoms with Crippen LogP contribution in [0.4, 0.5) is 0 Å². The highest BCUT2D eigenvalue weighted by Gasteiger charge is 2.37. The molecule has 112 valence electrons. The summed E-state index contributed by atoms with van der Waals surface area (Å²) in [6, 6.07) is 8.19. The smallest absolute Gasteiger partial charge is 0.195 e. The maximum absolute atomic E-state index is 12.7. The van der Waals surface area contributed by atoms with Gasteiger partial charge in [-0.25, -0.2) is 0 Å². The van der Waals surface area contributed by atoms with Crippen molar-refractivity contribution in [3.63, 3.8) is 0 Å². The first-order valence-corrected chi connectivity index (χ1v) is 8.73. The molecule has 1 atom stereocenters. The van der Waals surface area contributed by atoms with Crippen LogP contribution in [0, 0.1) is 6.92 Å². The van der Waals surface area contributed by atoms with E-state index in [9.17, 15) is 8.42 Å². The second kappa shape index (κ2) is 6.24. The lowest BCUT2D eigenvalue weighted by Gasteiger charge is -2.30. The predicted molar refractivity (Wildman–Crippen MR) is 81.7 cm³/mol. The molecule has 4 nitrogen and oxygen atoms in total. The number of hydrogen-bond acceptors (Lipinski definition) is 2. The van der Waals surface area contributed by atoms with Gasteiger partial charge in [-0.05, 0) is 25.3 Å². The van der Waals surface area contributed by atoms with Gasteiger partial charge in [-0.3, -0.25) is 0 Å². The quantitative estimate of drug-likeness (QED) is 0.838. The molecule has 1 aliphatic heterocycles. The Morgan fingerprint density at radius 3 is 2.35 bits per heavy atom. The molecule has 0 radical (unpaired) electrons. The predicted octanol–water partition coefficient (Wildman–Crippen LogP) is 2.72. The Bertz CT molecular complexity index is 535. The average molecular weight is 296 g/mol. The summed E-state index contributed by atoms with van der Waals surface area (Å²) in [5.74, 6) is 0. The summed E-state index contributed by atoms with van der Waals surface area (Å²) >= 11 is 0. The van der Waals surface area contributed by atoms with Crippen LogP contribution in [-0.2, 0) is 10.2 Å². The van der Waals surface area contributed by atoms with Crippen molar-refractivity contribution in [3.05, 3.63) is 35.4 Å². The van der Waals surface area contributed by atoms with Gasteiger partial charge < -0.3 is 0 Å². The molecule has 1 aromatic carbocycles. The molecule has 1 saturated heterocycles. The van der Waals surface area contributed by atoms with Crippen LogP contribution in [-0.4, -0.2) is 36.7 Å². The largest absolute Gasteiger partial charge is 0.282 e. The minimum Gasteiger partial charge on any atom is -0.195 e. The molecular formula is C15H24N2O2S. The van der Waals surface area contributed by atoms with Crippen molar-refractivity contribution in [2.24, 2.45) is 0 Å². The molecule has 0 aliphatic carbocycles. The zero-order valence-corrected chi connectivity index (χ0v) is 13.4. The maximum atomic E-state index is 12.7. The summed E-state index contributed by atoms with van der Waals surface area (Å²) in [5, 5.41) is 0. The summed E-state index contributed by atoms with van der Waals surface area (Å²) in [5.41, 5.74) is 2.30. The second-order valence-corrected chi connectivity index (χ2v) is 7.15. The Hall–Kier alpha value is -0.910. The zero-order chi connectivity index (χ0) is 14.8. The van der Waals surface area contributed by atoms with Crippen molar-refractivity contribution in [2.75, 3.05) is 19.6 Å². The molecule has 2 rings (SSSR count). The lowest BCUT2D eigenvalue weighted by Crippen LogP contribution is -2.43. The van der Waals surface area contributed by atoms with Crippen LogP contribution in [0.25, 0.3) is 0 Å². The molecule has 0 spiro atoms.